The van der Waals surface area contributed by atoms with Crippen LogP contribution in [0.2, 0.25) is 38.5 Å². The Morgan fingerprint density at radius 3 is 0.911 bits per heavy atom. The summed E-state index contributed by atoms with van der Waals surface area (Å²) in [6, 6.07) is 36.3. The molecule has 0 bridgehead atoms. The topological polar surface area (TPSA) is 36.9 Å². The number of para-hydroxylation sites is 4. The second kappa shape index (κ2) is 4.11. The Labute approximate surface area is 256 Å². The van der Waals surface area contributed by atoms with Crippen LogP contribution in [0.25, 0.3) is 0 Å². The number of methoxy groups -OCH3 is 4. The van der Waals surface area contributed by atoms with Crippen LogP contribution in [0.3, 0.4) is 0 Å². The van der Waals surface area contributed by atoms with Gasteiger partial charge in [0.25, 0.3) is 0 Å². The fourth-order valence-corrected chi connectivity index (χ4v) is 127. The van der Waals surface area contributed by atoms with Crippen LogP contribution in [-0.2, 0) is 6.51 Å². The van der Waals surface area contributed by atoms with Crippen molar-refractivity contribution < 1.29 is 25.5 Å². The summed E-state index contributed by atoms with van der Waals surface area (Å²) in [4.78, 5) is 8.71. The molecule has 230 valence electrons. The maximum absolute atomic E-state index is 6.29. The van der Waals surface area contributed by atoms with Crippen molar-refractivity contribution in [1.82, 2.24) is 0 Å². The number of hydrogen-bond acceptors (Lipinski definition) is 4. The molecular weight excluding hydrogens is 638 g/mol. The Morgan fingerprint density at radius 2 is 0.689 bits per heavy atom. The first-order valence-electron chi connectivity index (χ1n) is 16.2. The Balaban J connectivity index is 1.16. The van der Waals surface area contributed by atoms with E-state index in [0.717, 1.165) is 61.5 Å². The van der Waals surface area contributed by atoms with Gasteiger partial charge >= 0.3 is 258 Å². The van der Waals surface area contributed by atoms with Gasteiger partial charge in [-0.15, -0.1) is 0 Å². The third-order valence-electron chi connectivity index (χ3n) is 20.7. The summed E-state index contributed by atoms with van der Waals surface area (Å²) in [5, 5.41) is 5.84. The number of rotatable bonds is 10. The van der Waals surface area contributed by atoms with Crippen LogP contribution < -0.4 is 40.2 Å². The number of hydrogen-bond donors (Lipinski definition) is 0. The van der Waals surface area contributed by atoms with E-state index >= 15 is 0 Å². The minimum atomic E-state index is -4.26. The van der Waals surface area contributed by atoms with Gasteiger partial charge in [-0.25, -0.2) is 0 Å². The van der Waals surface area contributed by atoms with E-state index in [0.29, 0.717) is 8.11 Å². The first-order chi connectivity index (χ1) is 21.9. The molecule has 0 aromatic heterocycles. The molecule has 10 aliphatic heterocycles. The molecule has 45 heavy (non-hydrogen) atoms. The Morgan fingerprint density at radius 1 is 0.422 bits per heavy atom. The quantitative estimate of drug-likeness (QED) is 0.129. The van der Waals surface area contributed by atoms with Crippen LogP contribution in [0.5, 0.6) is 23.0 Å². The molecule has 4 unspecified atom stereocenters. The zero-order valence-corrected chi connectivity index (χ0v) is 28.6. The monoisotopic (exact) mass is 674 g/mol. The van der Waals surface area contributed by atoms with E-state index in [1.807, 2.05) is 28.4 Å². The van der Waals surface area contributed by atoms with Crippen molar-refractivity contribution in [3.63, 3.8) is 0 Å². The summed E-state index contributed by atoms with van der Waals surface area (Å²) in [5.74, 6) is 4.28. The van der Waals surface area contributed by atoms with Crippen molar-refractivity contribution in [1.29, 1.82) is 0 Å². The van der Waals surface area contributed by atoms with E-state index in [1.54, 1.807) is 0 Å². The Kier molecular flexibility index (Phi) is 2.17. The SMILES string of the molecule is COc1ccccc1P(c1ccccc1OC)[C]12[CH]3[CH]4[CH]5[C]1(P(c1ccccc1OC)c1ccccc1OC)[Fe]43521678[CH]2[CH]1[CH]6[CH]7[CH]28. The predicted molar refractivity (Wildman–Crippen MR) is 180 cm³/mol. The average Bonchev–Trinajstić information content (AvgIpc) is 4.05. The van der Waals surface area contributed by atoms with Gasteiger partial charge in [-0.2, -0.15) is 0 Å². The molecule has 14 rings (SSSR count). The van der Waals surface area contributed by atoms with Gasteiger partial charge < -0.3 is 0 Å². The summed E-state index contributed by atoms with van der Waals surface area (Å²) in [5.41, 5.74) is 0. The van der Waals surface area contributed by atoms with E-state index in [-0.39, 0.29) is 0 Å². The van der Waals surface area contributed by atoms with E-state index in [2.05, 4.69) is 97.1 Å². The summed E-state index contributed by atoms with van der Waals surface area (Å²) in [6.07, 6.45) is 0. The van der Waals surface area contributed by atoms with E-state index in [4.69, 9.17) is 18.9 Å². The zero-order chi connectivity index (χ0) is 29.9. The van der Waals surface area contributed by atoms with Gasteiger partial charge in [0.05, 0.1) is 0 Å². The second-order valence-corrected chi connectivity index (χ2v) is 45.7. The van der Waals surface area contributed by atoms with E-state index in [9.17, 15) is 0 Å². The minimum absolute atomic E-state index is 0.429. The molecule has 10 aliphatic rings. The third-order valence-corrected chi connectivity index (χ3v) is 77.7. The molecule has 4 aromatic carbocycles. The van der Waals surface area contributed by atoms with E-state index < -0.39 is 22.4 Å². The van der Waals surface area contributed by atoms with Gasteiger partial charge in [0.1, 0.15) is 0 Å². The van der Waals surface area contributed by atoms with Crippen LogP contribution in [-0.4, -0.2) is 36.5 Å². The fraction of sp³-hybridized carbons (Fsp3) is 0.368. The molecule has 0 saturated carbocycles. The van der Waals surface area contributed by atoms with Gasteiger partial charge in [0.15, 0.2) is 0 Å². The molecule has 10 heterocycles. The Bertz CT molecular complexity index is 2230. The second-order valence-electron chi connectivity index (χ2n) is 17.0. The van der Waals surface area contributed by atoms with Gasteiger partial charge in [-0.1, -0.05) is 0 Å². The van der Waals surface area contributed by atoms with Crippen molar-refractivity contribution >= 4 is 37.1 Å². The summed E-state index contributed by atoms with van der Waals surface area (Å²) < 4.78 is 26.0. The number of fused-ring (bicyclic) bond motifs is 10. The zero-order valence-electron chi connectivity index (χ0n) is 25.7. The number of ether oxygens (including phenoxy) is 4. The van der Waals surface area contributed by atoms with Gasteiger partial charge in [-0.05, 0) is 0 Å². The number of benzene rings is 4. The normalized spacial score (nSPS) is 53.7. The molecule has 4 atom stereocenters. The first-order valence-corrected chi connectivity index (χ1v) is 25.1. The standard InChI is InChI=1S/C33H31O4P2.C5H5.Fe/c1-34-24-14-5-9-18-28(24)38(29-19-10-6-15-25(29)35-2)32-22-13-23-33(32)39(30-20-11-7-16-26(30)36-3)31-21-12-8-17-27(31)37-4;1-2-4-5-3-1;/h5-23H,1-4H3;1-5H;. The molecule has 0 radical (unpaired) electrons. The average molecular weight is 674 g/mol. The predicted octanol–water partition coefficient (Wildman–Crippen LogP) is 7.49. The molecule has 4 nitrogen and oxygen atoms in total. The Hall–Kier alpha value is -2.54. The molecule has 4 aromatic rings. The van der Waals surface area contributed by atoms with Crippen LogP contribution in [0.1, 0.15) is 0 Å². The fourth-order valence-electron chi connectivity index (χ4n) is 21.8. The van der Waals surface area contributed by atoms with Crippen LogP contribution in [0.4, 0.5) is 0 Å². The van der Waals surface area contributed by atoms with Gasteiger partial charge in [0, 0.05) is 0 Å². The molecule has 10 saturated heterocycles. The maximum atomic E-state index is 6.29. The van der Waals surface area contributed by atoms with Crippen molar-refractivity contribution in [2.75, 3.05) is 28.4 Å². The van der Waals surface area contributed by atoms with Crippen molar-refractivity contribution in [2.24, 2.45) is 0 Å². The third kappa shape index (κ3) is 0.696. The van der Waals surface area contributed by atoms with Crippen molar-refractivity contribution in [3.05, 3.63) is 97.1 Å². The van der Waals surface area contributed by atoms with Crippen LogP contribution in [0.15, 0.2) is 97.1 Å². The molecule has 1 spiro atoms. The molecular formula is C38H36FeO4P2. The molecule has 0 N–H and O–H groups in total. The summed E-state index contributed by atoms with van der Waals surface area (Å²) in [6.45, 7) is -4.26. The van der Waals surface area contributed by atoms with Crippen LogP contribution in [0, 0.1) is 0 Å². The molecule has 0 aliphatic carbocycles. The van der Waals surface area contributed by atoms with Crippen molar-refractivity contribution in [3.8, 4) is 23.0 Å². The van der Waals surface area contributed by atoms with Crippen LogP contribution >= 0.6 is 15.8 Å². The molecule has 0 amide bonds. The van der Waals surface area contributed by atoms with Crippen molar-refractivity contribution in [2.45, 2.75) is 46.6 Å². The van der Waals surface area contributed by atoms with E-state index in [1.165, 1.54) is 21.2 Å². The molecule has 10 fully saturated rings. The summed E-state index contributed by atoms with van der Waals surface area (Å²) >= 11 is 0. The first kappa shape index (κ1) is 23.7. The van der Waals surface area contributed by atoms with Gasteiger partial charge in [-0.3, -0.25) is 0 Å². The van der Waals surface area contributed by atoms with Gasteiger partial charge in [0.2, 0.25) is 0 Å². The summed E-state index contributed by atoms with van der Waals surface area (Å²) in [7, 11) is 6.04. The molecule has 7 heteroatoms.